The van der Waals surface area contributed by atoms with Gasteiger partial charge in [0.25, 0.3) is 0 Å². The van der Waals surface area contributed by atoms with Gasteiger partial charge in [0.1, 0.15) is 5.60 Å². The molecule has 1 saturated heterocycles. The van der Waals surface area contributed by atoms with E-state index in [1.54, 1.807) is 6.07 Å². The number of amides is 1. The first-order chi connectivity index (χ1) is 8.52. The number of benzene rings is 1. The van der Waals surface area contributed by atoms with Crippen LogP contribution in [0, 0.1) is 0 Å². The van der Waals surface area contributed by atoms with E-state index in [2.05, 4.69) is 0 Å². The summed E-state index contributed by atoms with van der Waals surface area (Å²) in [5.41, 5.74) is 2.20. The summed E-state index contributed by atoms with van der Waals surface area (Å²) in [6.07, 6.45) is -0.918. The second-order valence-electron chi connectivity index (χ2n) is 4.85. The van der Waals surface area contributed by atoms with Crippen LogP contribution < -0.4 is 0 Å². The molecule has 2 heterocycles. The summed E-state index contributed by atoms with van der Waals surface area (Å²) in [7, 11) is 0. The molecule has 0 aliphatic carbocycles. The van der Waals surface area contributed by atoms with E-state index in [1.807, 2.05) is 12.1 Å². The van der Waals surface area contributed by atoms with Crippen LogP contribution in [0.1, 0.15) is 28.4 Å². The summed E-state index contributed by atoms with van der Waals surface area (Å²) < 4.78 is 5.75. The van der Waals surface area contributed by atoms with Gasteiger partial charge < -0.3 is 14.7 Å². The van der Waals surface area contributed by atoms with Crippen molar-refractivity contribution in [2.75, 3.05) is 13.1 Å². The van der Waals surface area contributed by atoms with Crippen molar-refractivity contribution in [2.24, 2.45) is 0 Å². The molecule has 1 spiro atoms. The molecule has 1 fully saturated rings. The average Bonchev–Trinajstić information content (AvgIpc) is 2.64. The summed E-state index contributed by atoms with van der Waals surface area (Å²) in [5.74, 6) is 0.0273. The number of rotatable bonds is 1. The first-order valence-electron chi connectivity index (χ1n) is 5.78. The third kappa shape index (κ3) is 1.44. The maximum atomic E-state index is 11.3. The number of likely N-dealkylation sites (tertiary alicyclic amines) is 1. The highest BCUT2D eigenvalue weighted by Crippen LogP contribution is 2.43. The molecular formula is C13H13NO4. The van der Waals surface area contributed by atoms with Crippen LogP contribution in [0.15, 0.2) is 18.2 Å². The van der Waals surface area contributed by atoms with Crippen LogP contribution in [0.5, 0.6) is 0 Å². The molecule has 5 nitrogen and oxygen atoms in total. The van der Waals surface area contributed by atoms with E-state index in [0.717, 1.165) is 11.1 Å². The molecule has 0 atom stereocenters. The van der Waals surface area contributed by atoms with Gasteiger partial charge in [0.05, 0.1) is 19.7 Å². The van der Waals surface area contributed by atoms with Gasteiger partial charge in [-0.15, -0.1) is 0 Å². The largest absolute Gasteiger partial charge is 0.465 e. The lowest BCUT2D eigenvalue weighted by Crippen LogP contribution is -2.60. The Hall–Kier alpha value is -1.88. The Morgan fingerprint density at radius 2 is 2.11 bits per heavy atom. The Bertz CT molecular complexity index is 546. The fourth-order valence-corrected chi connectivity index (χ4v) is 2.64. The van der Waals surface area contributed by atoms with Crippen LogP contribution in [0.25, 0.3) is 0 Å². The van der Waals surface area contributed by atoms with Crippen molar-refractivity contribution < 1.29 is 19.4 Å². The number of fused-ring (bicyclic) bond motifs is 2. The Morgan fingerprint density at radius 3 is 2.72 bits per heavy atom. The maximum absolute atomic E-state index is 11.3. The number of hydrogen-bond donors (Lipinski definition) is 1. The van der Waals surface area contributed by atoms with Crippen LogP contribution in [0.3, 0.4) is 0 Å². The van der Waals surface area contributed by atoms with Gasteiger partial charge >= 0.3 is 6.09 Å². The fraction of sp³-hybridized carbons (Fsp3) is 0.385. The van der Waals surface area contributed by atoms with E-state index in [0.29, 0.717) is 25.3 Å². The summed E-state index contributed by atoms with van der Waals surface area (Å²) >= 11 is 0. The molecule has 0 bridgehead atoms. The van der Waals surface area contributed by atoms with E-state index in [9.17, 15) is 9.59 Å². The molecule has 1 aromatic carbocycles. The average molecular weight is 247 g/mol. The fourth-order valence-electron chi connectivity index (χ4n) is 2.64. The SMILES string of the molecule is CC(=O)c1ccc2c(c1)COC21CN(C(=O)O)C1. The van der Waals surface area contributed by atoms with Gasteiger partial charge in [0.2, 0.25) is 0 Å². The highest BCUT2D eigenvalue weighted by Gasteiger charge is 2.51. The summed E-state index contributed by atoms with van der Waals surface area (Å²) in [6, 6.07) is 5.51. The minimum absolute atomic E-state index is 0.0273. The highest BCUT2D eigenvalue weighted by atomic mass is 16.5. The van der Waals surface area contributed by atoms with Crippen molar-refractivity contribution in [1.29, 1.82) is 0 Å². The van der Waals surface area contributed by atoms with Gasteiger partial charge in [-0.1, -0.05) is 12.1 Å². The van der Waals surface area contributed by atoms with Crippen molar-refractivity contribution in [1.82, 2.24) is 4.90 Å². The van der Waals surface area contributed by atoms with Gasteiger partial charge in [-0.05, 0) is 24.1 Å². The van der Waals surface area contributed by atoms with E-state index < -0.39 is 11.7 Å². The molecular weight excluding hydrogens is 234 g/mol. The van der Waals surface area contributed by atoms with Crippen molar-refractivity contribution >= 4 is 11.9 Å². The number of hydrogen-bond acceptors (Lipinski definition) is 3. The van der Waals surface area contributed by atoms with Gasteiger partial charge in [0.15, 0.2) is 5.78 Å². The van der Waals surface area contributed by atoms with Crippen LogP contribution >= 0.6 is 0 Å². The number of Topliss-reactive ketones (excluding diaryl/α,β-unsaturated/α-hetero) is 1. The molecule has 5 heteroatoms. The third-order valence-electron chi connectivity index (χ3n) is 3.67. The Labute approximate surface area is 104 Å². The van der Waals surface area contributed by atoms with E-state index in [1.165, 1.54) is 11.8 Å². The van der Waals surface area contributed by atoms with Gasteiger partial charge in [-0.25, -0.2) is 4.79 Å². The van der Waals surface area contributed by atoms with Crippen LogP contribution in [0.4, 0.5) is 4.79 Å². The van der Waals surface area contributed by atoms with Gasteiger partial charge in [0, 0.05) is 5.56 Å². The van der Waals surface area contributed by atoms with Crippen LogP contribution in [-0.2, 0) is 16.9 Å². The monoisotopic (exact) mass is 247 g/mol. The van der Waals surface area contributed by atoms with Crippen molar-refractivity contribution in [3.05, 3.63) is 34.9 Å². The highest BCUT2D eigenvalue weighted by molar-refractivity contribution is 5.94. The van der Waals surface area contributed by atoms with Crippen molar-refractivity contribution in [3.63, 3.8) is 0 Å². The predicted molar refractivity (Wildman–Crippen MR) is 62.5 cm³/mol. The molecule has 18 heavy (non-hydrogen) atoms. The second kappa shape index (κ2) is 3.55. The van der Waals surface area contributed by atoms with Crippen molar-refractivity contribution in [3.8, 4) is 0 Å². The standard InChI is InChI=1S/C13H13NO4/c1-8(15)9-2-3-11-10(4-9)5-18-13(11)6-14(7-13)12(16)17/h2-4H,5-7H2,1H3,(H,16,17). The smallest absolute Gasteiger partial charge is 0.407 e. The number of carbonyl (C=O) groups excluding carboxylic acids is 1. The van der Waals surface area contributed by atoms with Crippen LogP contribution in [0.2, 0.25) is 0 Å². The van der Waals surface area contributed by atoms with Crippen molar-refractivity contribution in [2.45, 2.75) is 19.1 Å². The number of ether oxygens (including phenoxy) is 1. The summed E-state index contributed by atoms with van der Waals surface area (Å²) in [5, 5.41) is 8.87. The molecule has 1 amide bonds. The lowest BCUT2D eigenvalue weighted by Gasteiger charge is -2.45. The molecule has 3 rings (SSSR count). The number of carbonyl (C=O) groups is 2. The van der Waals surface area contributed by atoms with E-state index in [-0.39, 0.29) is 5.78 Å². The molecule has 0 aromatic heterocycles. The molecule has 1 aromatic rings. The third-order valence-corrected chi connectivity index (χ3v) is 3.67. The first-order valence-corrected chi connectivity index (χ1v) is 5.78. The first kappa shape index (κ1) is 11.2. The van der Waals surface area contributed by atoms with E-state index in [4.69, 9.17) is 9.84 Å². The second-order valence-corrected chi connectivity index (χ2v) is 4.85. The Kier molecular flexibility index (Phi) is 2.22. The molecule has 94 valence electrons. The topological polar surface area (TPSA) is 66.8 Å². The van der Waals surface area contributed by atoms with E-state index >= 15 is 0 Å². The Morgan fingerprint density at radius 1 is 1.39 bits per heavy atom. The molecule has 2 aliphatic heterocycles. The molecule has 0 saturated carbocycles. The zero-order valence-corrected chi connectivity index (χ0v) is 9.97. The predicted octanol–water partition coefficient (Wildman–Crippen LogP) is 1.61. The Balaban J connectivity index is 1.90. The number of nitrogens with zero attached hydrogens (tertiary/aromatic N) is 1. The molecule has 0 unspecified atom stereocenters. The summed E-state index contributed by atoms with van der Waals surface area (Å²) in [6.45, 7) is 2.72. The number of ketones is 1. The zero-order chi connectivity index (χ0) is 12.9. The lowest BCUT2D eigenvalue weighted by atomic mass is 9.85. The van der Waals surface area contributed by atoms with Gasteiger partial charge in [-0.2, -0.15) is 0 Å². The molecule has 2 aliphatic rings. The van der Waals surface area contributed by atoms with Gasteiger partial charge in [-0.3, -0.25) is 4.79 Å². The maximum Gasteiger partial charge on any atom is 0.407 e. The normalized spacial score (nSPS) is 19.5. The minimum atomic E-state index is -0.918. The number of carboxylic acid groups (broad SMARTS) is 1. The minimum Gasteiger partial charge on any atom is -0.465 e. The molecule has 0 radical (unpaired) electrons. The lowest BCUT2D eigenvalue weighted by molar-refractivity contribution is -0.129. The quantitative estimate of drug-likeness (QED) is 0.765. The van der Waals surface area contributed by atoms with Crippen LogP contribution in [-0.4, -0.2) is 35.0 Å². The summed E-state index contributed by atoms with van der Waals surface area (Å²) in [4.78, 5) is 23.4. The zero-order valence-electron chi connectivity index (χ0n) is 9.97. The molecule has 1 N–H and O–H groups in total.